The molecule has 1 aliphatic heterocycles. The van der Waals surface area contributed by atoms with Gasteiger partial charge in [0.25, 0.3) is 5.91 Å². The predicted molar refractivity (Wildman–Crippen MR) is 95.6 cm³/mol. The van der Waals surface area contributed by atoms with Gasteiger partial charge in [-0.3, -0.25) is 9.59 Å². The molecular weight excluding hydrogens is 324 g/mol. The quantitative estimate of drug-likeness (QED) is 0.834. The summed E-state index contributed by atoms with van der Waals surface area (Å²) in [5, 5.41) is 5.40. The Morgan fingerprint density at radius 2 is 2.00 bits per heavy atom. The number of amides is 2. The molecule has 124 valence electrons. The number of ether oxygens (including phenoxy) is 1. The van der Waals surface area contributed by atoms with Crippen molar-refractivity contribution < 1.29 is 14.3 Å². The largest absolute Gasteiger partial charge is 0.479 e. The van der Waals surface area contributed by atoms with Crippen molar-refractivity contribution in [2.75, 3.05) is 10.6 Å². The van der Waals surface area contributed by atoms with Gasteiger partial charge in [0.05, 0.1) is 10.9 Å². The molecule has 0 aromatic heterocycles. The SMILES string of the molecule is C[C@H](Sc1ccccc1)C(=O)Nc1ccc2c(c1)NC(=O)[C@@H](C)O2. The topological polar surface area (TPSA) is 67.4 Å². The van der Waals surface area contributed by atoms with E-state index in [0.29, 0.717) is 17.1 Å². The van der Waals surface area contributed by atoms with Crippen LogP contribution in [-0.2, 0) is 9.59 Å². The Labute approximate surface area is 144 Å². The van der Waals surface area contributed by atoms with E-state index in [9.17, 15) is 9.59 Å². The van der Waals surface area contributed by atoms with Gasteiger partial charge in [0.2, 0.25) is 5.91 Å². The fraction of sp³-hybridized carbons (Fsp3) is 0.222. The Morgan fingerprint density at radius 3 is 2.75 bits per heavy atom. The second-order valence-corrected chi connectivity index (χ2v) is 6.94. The zero-order chi connectivity index (χ0) is 17.1. The van der Waals surface area contributed by atoms with Crippen LogP contribution in [0.25, 0.3) is 0 Å². The number of fused-ring (bicyclic) bond motifs is 1. The van der Waals surface area contributed by atoms with Crippen LogP contribution in [0.3, 0.4) is 0 Å². The molecule has 1 aliphatic rings. The van der Waals surface area contributed by atoms with Crippen molar-refractivity contribution in [1.29, 1.82) is 0 Å². The lowest BCUT2D eigenvalue weighted by atomic mass is 10.2. The van der Waals surface area contributed by atoms with E-state index < -0.39 is 6.10 Å². The van der Waals surface area contributed by atoms with E-state index in [0.717, 1.165) is 4.90 Å². The Balaban J connectivity index is 1.66. The summed E-state index contributed by atoms with van der Waals surface area (Å²) in [5.41, 5.74) is 1.19. The second kappa shape index (κ2) is 6.97. The summed E-state index contributed by atoms with van der Waals surface area (Å²) < 4.78 is 5.50. The molecule has 0 saturated heterocycles. The van der Waals surface area contributed by atoms with Gasteiger partial charge in [-0.25, -0.2) is 0 Å². The molecule has 0 saturated carbocycles. The molecule has 0 aliphatic carbocycles. The smallest absolute Gasteiger partial charge is 0.265 e. The molecule has 0 fully saturated rings. The third-order valence-electron chi connectivity index (χ3n) is 3.60. The highest BCUT2D eigenvalue weighted by Crippen LogP contribution is 2.32. The van der Waals surface area contributed by atoms with Crippen molar-refractivity contribution in [2.45, 2.75) is 30.1 Å². The van der Waals surface area contributed by atoms with Crippen molar-refractivity contribution in [3.8, 4) is 5.75 Å². The van der Waals surface area contributed by atoms with Crippen LogP contribution in [0.4, 0.5) is 11.4 Å². The zero-order valence-corrected chi connectivity index (χ0v) is 14.2. The van der Waals surface area contributed by atoms with E-state index in [2.05, 4.69) is 10.6 Å². The maximum absolute atomic E-state index is 12.4. The van der Waals surface area contributed by atoms with Gasteiger partial charge in [-0.1, -0.05) is 18.2 Å². The number of carbonyl (C=O) groups excluding carboxylic acids is 2. The average Bonchev–Trinajstić information content (AvgIpc) is 2.57. The van der Waals surface area contributed by atoms with E-state index in [4.69, 9.17) is 4.74 Å². The summed E-state index contributed by atoms with van der Waals surface area (Å²) >= 11 is 1.49. The molecule has 2 aromatic rings. The lowest BCUT2D eigenvalue weighted by Gasteiger charge is -2.23. The maximum atomic E-state index is 12.4. The molecule has 6 heteroatoms. The van der Waals surface area contributed by atoms with Gasteiger partial charge in [0, 0.05) is 10.6 Å². The van der Waals surface area contributed by atoms with Gasteiger partial charge in [-0.2, -0.15) is 0 Å². The molecule has 24 heavy (non-hydrogen) atoms. The predicted octanol–water partition coefficient (Wildman–Crippen LogP) is 3.53. The van der Waals surface area contributed by atoms with Crippen LogP contribution in [0.15, 0.2) is 53.4 Å². The number of benzene rings is 2. The molecule has 5 nitrogen and oxygen atoms in total. The monoisotopic (exact) mass is 342 g/mol. The van der Waals surface area contributed by atoms with Gasteiger partial charge in [0.15, 0.2) is 6.10 Å². The van der Waals surface area contributed by atoms with Crippen molar-refractivity contribution in [1.82, 2.24) is 0 Å². The first-order chi connectivity index (χ1) is 11.5. The molecule has 2 N–H and O–H groups in total. The van der Waals surface area contributed by atoms with Crippen LogP contribution in [-0.4, -0.2) is 23.2 Å². The van der Waals surface area contributed by atoms with Gasteiger partial charge < -0.3 is 15.4 Å². The van der Waals surface area contributed by atoms with Crippen molar-refractivity contribution in [3.05, 3.63) is 48.5 Å². The number of rotatable bonds is 4. The van der Waals surface area contributed by atoms with Crippen LogP contribution < -0.4 is 15.4 Å². The van der Waals surface area contributed by atoms with Gasteiger partial charge in [0.1, 0.15) is 5.75 Å². The van der Waals surface area contributed by atoms with Crippen LogP contribution in [0, 0.1) is 0 Å². The minimum atomic E-state index is -0.514. The third-order valence-corrected chi connectivity index (χ3v) is 4.72. The summed E-state index contributed by atoms with van der Waals surface area (Å²) in [4.78, 5) is 25.1. The Morgan fingerprint density at radius 1 is 1.25 bits per heavy atom. The first-order valence-electron chi connectivity index (χ1n) is 7.67. The van der Waals surface area contributed by atoms with E-state index in [1.54, 1.807) is 25.1 Å². The molecule has 0 bridgehead atoms. The molecule has 2 atom stereocenters. The van der Waals surface area contributed by atoms with E-state index in [1.165, 1.54) is 11.8 Å². The molecule has 2 aromatic carbocycles. The highest BCUT2D eigenvalue weighted by molar-refractivity contribution is 8.00. The highest BCUT2D eigenvalue weighted by Gasteiger charge is 2.24. The van der Waals surface area contributed by atoms with Crippen LogP contribution in [0.5, 0.6) is 5.75 Å². The third kappa shape index (κ3) is 3.71. The van der Waals surface area contributed by atoms with Crippen molar-refractivity contribution >= 4 is 35.0 Å². The number of nitrogens with one attached hydrogen (secondary N) is 2. The molecular formula is C18H18N2O3S. The van der Waals surface area contributed by atoms with Crippen molar-refractivity contribution in [2.24, 2.45) is 0 Å². The summed E-state index contributed by atoms with van der Waals surface area (Å²) in [5.74, 6) is 0.311. The van der Waals surface area contributed by atoms with E-state index in [-0.39, 0.29) is 17.1 Å². The van der Waals surface area contributed by atoms with E-state index >= 15 is 0 Å². The molecule has 0 unspecified atom stereocenters. The van der Waals surface area contributed by atoms with Gasteiger partial charge in [-0.05, 0) is 44.2 Å². The van der Waals surface area contributed by atoms with Crippen LogP contribution in [0.2, 0.25) is 0 Å². The lowest BCUT2D eigenvalue weighted by Crippen LogP contribution is -2.34. The summed E-state index contributed by atoms with van der Waals surface area (Å²) in [7, 11) is 0. The molecule has 0 spiro atoms. The number of hydrogen-bond donors (Lipinski definition) is 2. The highest BCUT2D eigenvalue weighted by atomic mass is 32.2. The molecule has 1 heterocycles. The number of anilines is 2. The van der Waals surface area contributed by atoms with Gasteiger partial charge in [-0.15, -0.1) is 11.8 Å². The lowest BCUT2D eigenvalue weighted by molar-refractivity contribution is -0.122. The fourth-order valence-corrected chi connectivity index (χ4v) is 3.18. The Bertz CT molecular complexity index is 764. The zero-order valence-electron chi connectivity index (χ0n) is 13.4. The number of hydrogen-bond acceptors (Lipinski definition) is 4. The minimum Gasteiger partial charge on any atom is -0.479 e. The summed E-state index contributed by atoms with van der Waals surface area (Å²) in [6.07, 6.45) is -0.514. The Kier molecular flexibility index (Phi) is 4.76. The number of carbonyl (C=O) groups is 2. The van der Waals surface area contributed by atoms with Crippen LogP contribution >= 0.6 is 11.8 Å². The average molecular weight is 342 g/mol. The first-order valence-corrected chi connectivity index (χ1v) is 8.55. The maximum Gasteiger partial charge on any atom is 0.265 e. The molecule has 0 radical (unpaired) electrons. The minimum absolute atomic E-state index is 0.0970. The molecule has 3 rings (SSSR count). The second-order valence-electron chi connectivity index (χ2n) is 5.52. The van der Waals surface area contributed by atoms with Gasteiger partial charge >= 0.3 is 0 Å². The number of thioether (sulfide) groups is 1. The summed E-state index contributed by atoms with van der Waals surface area (Å²) in [6, 6.07) is 15.0. The van der Waals surface area contributed by atoms with E-state index in [1.807, 2.05) is 37.3 Å². The summed E-state index contributed by atoms with van der Waals surface area (Å²) in [6.45, 7) is 3.55. The normalized spacial score (nSPS) is 17.2. The van der Waals surface area contributed by atoms with Crippen molar-refractivity contribution in [3.63, 3.8) is 0 Å². The standard InChI is InChI=1S/C18H18N2O3S/c1-11-17(21)20-15-10-13(8-9-16(15)23-11)19-18(22)12(2)24-14-6-4-3-5-7-14/h3-12H,1-2H3,(H,19,22)(H,20,21)/t11-,12+/m1/s1. The fourth-order valence-electron chi connectivity index (χ4n) is 2.29. The Hall–Kier alpha value is -2.47. The molecule has 2 amide bonds. The first kappa shape index (κ1) is 16.4. The van der Waals surface area contributed by atoms with Crippen LogP contribution in [0.1, 0.15) is 13.8 Å².